The SMILES string of the molecule is O=c1[nH]c2ccccc2n1CCC[NH+]1CCCCC1. The first kappa shape index (κ1) is 12.5. The maximum Gasteiger partial charge on any atom is 0.326 e. The Hall–Kier alpha value is -1.55. The molecule has 0 aliphatic carbocycles. The lowest BCUT2D eigenvalue weighted by Crippen LogP contribution is -3.12. The molecule has 1 aliphatic rings. The molecule has 4 heteroatoms. The number of nitrogens with zero attached hydrogens (tertiary/aromatic N) is 1. The van der Waals surface area contributed by atoms with Gasteiger partial charge in [-0.25, -0.2) is 4.79 Å². The lowest BCUT2D eigenvalue weighted by atomic mass is 10.1. The minimum atomic E-state index is 0.0230. The zero-order chi connectivity index (χ0) is 13.1. The van der Waals surface area contributed by atoms with Crippen molar-refractivity contribution in [3.8, 4) is 0 Å². The first-order chi connectivity index (χ1) is 9.34. The van der Waals surface area contributed by atoms with Gasteiger partial charge >= 0.3 is 5.69 Å². The fraction of sp³-hybridized carbons (Fsp3) is 0.533. The predicted octanol–water partition coefficient (Wildman–Crippen LogP) is 0.788. The van der Waals surface area contributed by atoms with E-state index in [1.54, 1.807) is 4.90 Å². The summed E-state index contributed by atoms with van der Waals surface area (Å²) in [6.45, 7) is 4.63. The lowest BCUT2D eigenvalue weighted by molar-refractivity contribution is -0.905. The monoisotopic (exact) mass is 260 g/mol. The molecule has 1 saturated heterocycles. The second kappa shape index (κ2) is 5.61. The van der Waals surface area contributed by atoms with Crippen molar-refractivity contribution in [3.05, 3.63) is 34.7 Å². The molecule has 0 bridgehead atoms. The van der Waals surface area contributed by atoms with Gasteiger partial charge in [0.05, 0.1) is 30.7 Å². The third-order valence-electron chi connectivity index (χ3n) is 4.15. The fourth-order valence-electron chi connectivity index (χ4n) is 3.12. The van der Waals surface area contributed by atoms with Crippen molar-refractivity contribution < 1.29 is 4.90 Å². The summed E-state index contributed by atoms with van der Waals surface area (Å²) >= 11 is 0. The third kappa shape index (κ3) is 2.73. The molecule has 0 atom stereocenters. The molecule has 0 unspecified atom stereocenters. The van der Waals surface area contributed by atoms with Crippen LogP contribution < -0.4 is 10.6 Å². The highest BCUT2D eigenvalue weighted by atomic mass is 16.1. The van der Waals surface area contributed by atoms with Crippen LogP contribution in [0.1, 0.15) is 25.7 Å². The number of aromatic nitrogens is 2. The van der Waals surface area contributed by atoms with Crippen LogP contribution in [-0.4, -0.2) is 29.2 Å². The normalized spacial score (nSPS) is 17.1. The van der Waals surface area contributed by atoms with Crippen molar-refractivity contribution in [2.24, 2.45) is 0 Å². The van der Waals surface area contributed by atoms with E-state index in [-0.39, 0.29) is 5.69 Å². The van der Waals surface area contributed by atoms with E-state index < -0.39 is 0 Å². The number of rotatable bonds is 4. The molecule has 1 aliphatic heterocycles. The number of piperidine rings is 1. The van der Waals surface area contributed by atoms with Crippen LogP contribution in [-0.2, 0) is 6.54 Å². The average molecular weight is 260 g/mol. The molecule has 102 valence electrons. The summed E-state index contributed by atoms with van der Waals surface area (Å²) in [6.07, 6.45) is 5.20. The van der Waals surface area contributed by atoms with Crippen LogP contribution in [0.25, 0.3) is 11.0 Å². The van der Waals surface area contributed by atoms with Crippen LogP contribution in [0.15, 0.2) is 29.1 Å². The molecular formula is C15H22N3O+. The molecule has 0 amide bonds. The van der Waals surface area contributed by atoms with Crippen molar-refractivity contribution in [3.63, 3.8) is 0 Å². The lowest BCUT2D eigenvalue weighted by Gasteiger charge is -2.23. The van der Waals surface area contributed by atoms with Crippen molar-refractivity contribution >= 4 is 11.0 Å². The first-order valence-corrected chi connectivity index (χ1v) is 7.36. The van der Waals surface area contributed by atoms with E-state index in [1.165, 1.54) is 38.9 Å². The van der Waals surface area contributed by atoms with E-state index >= 15 is 0 Å². The van der Waals surface area contributed by atoms with Gasteiger partial charge in [0.1, 0.15) is 0 Å². The Balaban J connectivity index is 1.65. The van der Waals surface area contributed by atoms with Crippen LogP contribution in [0, 0.1) is 0 Å². The summed E-state index contributed by atoms with van der Waals surface area (Å²) in [6, 6.07) is 7.92. The van der Waals surface area contributed by atoms with Gasteiger partial charge in [-0.2, -0.15) is 0 Å². The highest BCUT2D eigenvalue weighted by molar-refractivity contribution is 5.74. The maximum atomic E-state index is 11.9. The number of aromatic amines is 1. The molecule has 4 nitrogen and oxygen atoms in total. The van der Waals surface area contributed by atoms with Gasteiger partial charge in [-0.3, -0.25) is 4.57 Å². The minimum Gasteiger partial charge on any atom is -0.335 e. The molecule has 0 radical (unpaired) electrons. The molecule has 0 spiro atoms. The van der Waals surface area contributed by atoms with Gasteiger partial charge in [0.25, 0.3) is 0 Å². The fourth-order valence-corrected chi connectivity index (χ4v) is 3.12. The van der Waals surface area contributed by atoms with Crippen LogP contribution in [0.5, 0.6) is 0 Å². The Morgan fingerprint density at radius 2 is 1.95 bits per heavy atom. The molecule has 2 N–H and O–H groups in total. The topological polar surface area (TPSA) is 42.2 Å². The smallest absolute Gasteiger partial charge is 0.326 e. The number of imidazole rings is 1. The van der Waals surface area contributed by atoms with E-state index in [9.17, 15) is 4.79 Å². The Morgan fingerprint density at radius 1 is 1.16 bits per heavy atom. The average Bonchev–Trinajstić information content (AvgIpc) is 2.76. The summed E-state index contributed by atoms with van der Waals surface area (Å²) in [4.78, 5) is 16.5. The summed E-state index contributed by atoms with van der Waals surface area (Å²) < 4.78 is 1.87. The van der Waals surface area contributed by atoms with E-state index in [1.807, 2.05) is 28.8 Å². The number of hydrogen-bond acceptors (Lipinski definition) is 1. The highest BCUT2D eigenvalue weighted by Gasteiger charge is 2.13. The van der Waals surface area contributed by atoms with Crippen molar-refractivity contribution in [1.29, 1.82) is 0 Å². The van der Waals surface area contributed by atoms with Gasteiger partial charge in [-0.05, 0) is 31.4 Å². The second-order valence-electron chi connectivity index (χ2n) is 5.51. The number of likely N-dealkylation sites (tertiary alicyclic amines) is 1. The number of aryl methyl sites for hydroxylation is 1. The summed E-state index contributed by atoms with van der Waals surface area (Å²) in [5, 5.41) is 0. The van der Waals surface area contributed by atoms with E-state index in [0.717, 1.165) is 24.0 Å². The van der Waals surface area contributed by atoms with E-state index in [2.05, 4.69) is 4.98 Å². The standard InChI is InChI=1S/C15H21N3O/c19-15-16-13-7-2-3-8-14(13)18(15)12-6-11-17-9-4-1-5-10-17/h2-3,7-8H,1,4-6,9-12H2,(H,16,19)/p+1. The number of nitrogens with one attached hydrogen (secondary N) is 2. The third-order valence-corrected chi connectivity index (χ3v) is 4.15. The molecule has 19 heavy (non-hydrogen) atoms. The number of quaternary nitrogens is 1. The minimum absolute atomic E-state index is 0.0230. The molecule has 2 heterocycles. The zero-order valence-electron chi connectivity index (χ0n) is 11.3. The Bertz CT molecular complexity index is 593. The Labute approximate surface area is 113 Å². The Morgan fingerprint density at radius 3 is 2.79 bits per heavy atom. The van der Waals surface area contributed by atoms with Gasteiger partial charge in [-0.1, -0.05) is 12.1 Å². The molecule has 1 aromatic carbocycles. The summed E-state index contributed by atoms with van der Waals surface area (Å²) in [5.74, 6) is 0. The van der Waals surface area contributed by atoms with E-state index in [0.29, 0.717) is 0 Å². The molecule has 0 saturated carbocycles. The van der Waals surface area contributed by atoms with Gasteiger partial charge in [0, 0.05) is 13.0 Å². The Kier molecular flexibility index (Phi) is 3.69. The van der Waals surface area contributed by atoms with Crippen LogP contribution in [0.4, 0.5) is 0 Å². The highest BCUT2D eigenvalue weighted by Crippen LogP contribution is 2.08. The van der Waals surface area contributed by atoms with Gasteiger partial charge in [-0.15, -0.1) is 0 Å². The quantitative estimate of drug-likeness (QED) is 0.838. The molecule has 3 rings (SSSR count). The number of H-pyrrole nitrogens is 1. The largest absolute Gasteiger partial charge is 0.335 e. The summed E-state index contributed by atoms with van der Waals surface area (Å²) in [7, 11) is 0. The maximum absolute atomic E-state index is 11.9. The number of fused-ring (bicyclic) bond motifs is 1. The van der Waals surface area contributed by atoms with Crippen molar-refractivity contribution in [2.75, 3.05) is 19.6 Å². The molecule has 1 fully saturated rings. The second-order valence-corrected chi connectivity index (χ2v) is 5.51. The molecular weight excluding hydrogens is 238 g/mol. The van der Waals surface area contributed by atoms with Gasteiger partial charge in [0.2, 0.25) is 0 Å². The van der Waals surface area contributed by atoms with Gasteiger partial charge in [0.15, 0.2) is 0 Å². The van der Waals surface area contributed by atoms with Gasteiger partial charge < -0.3 is 9.88 Å². The zero-order valence-corrected chi connectivity index (χ0v) is 11.3. The summed E-state index contributed by atoms with van der Waals surface area (Å²) in [5.41, 5.74) is 1.99. The van der Waals surface area contributed by atoms with Crippen molar-refractivity contribution in [2.45, 2.75) is 32.2 Å². The number of hydrogen-bond donors (Lipinski definition) is 2. The molecule has 2 aromatic rings. The van der Waals surface area contributed by atoms with Crippen LogP contribution in [0.2, 0.25) is 0 Å². The van der Waals surface area contributed by atoms with Crippen LogP contribution >= 0.6 is 0 Å². The van der Waals surface area contributed by atoms with Crippen molar-refractivity contribution in [1.82, 2.24) is 9.55 Å². The van der Waals surface area contributed by atoms with Crippen LogP contribution in [0.3, 0.4) is 0 Å². The predicted molar refractivity (Wildman–Crippen MR) is 76.6 cm³/mol. The first-order valence-electron chi connectivity index (χ1n) is 7.36. The number of benzene rings is 1. The van der Waals surface area contributed by atoms with E-state index in [4.69, 9.17) is 0 Å². The number of para-hydroxylation sites is 2. The molecule has 1 aromatic heterocycles.